The Hall–Kier alpha value is -1.86. The number of benzene rings is 1. The van der Waals surface area contributed by atoms with Crippen molar-refractivity contribution in [1.82, 2.24) is 9.59 Å². The fourth-order valence-electron chi connectivity index (χ4n) is 1.85. The lowest BCUT2D eigenvalue weighted by Crippen LogP contribution is -2.16. The molecule has 0 amide bonds. The third-order valence-electron chi connectivity index (χ3n) is 2.83. The zero-order chi connectivity index (χ0) is 14.7. The quantitative estimate of drug-likeness (QED) is 0.803. The number of carbonyl (C=O) groups excluding carboxylic acids is 1. The van der Waals surface area contributed by atoms with Crippen molar-refractivity contribution in [2.45, 2.75) is 13.0 Å². The van der Waals surface area contributed by atoms with Gasteiger partial charge < -0.3 is 14.2 Å². The van der Waals surface area contributed by atoms with Gasteiger partial charge in [0.1, 0.15) is 29.9 Å². The maximum atomic E-state index is 11.8. The van der Waals surface area contributed by atoms with E-state index in [1.54, 1.807) is 12.1 Å². The van der Waals surface area contributed by atoms with Crippen molar-refractivity contribution in [3.05, 3.63) is 33.8 Å². The van der Waals surface area contributed by atoms with E-state index < -0.39 is 0 Å². The van der Waals surface area contributed by atoms with Crippen molar-refractivity contribution in [2.24, 2.45) is 0 Å². The van der Waals surface area contributed by atoms with Gasteiger partial charge in [0.05, 0.1) is 6.42 Å². The molecular formula is C13H11ClN2O4S. The Morgan fingerprint density at radius 2 is 2.14 bits per heavy atom. The Bertz CT molecular complexity index is 661. The second-order valence-electron chi connectivity index (χ2n) is 4.31. The summed E-state index contributed by atoms with van der Waals surface area (Å²) in [7, 11) is 0. The van der Waals surface area contributed by atoms with Crippen molar-refractivity contribution < 1.29 is 19.0 Å². The molecule has 0 fully saturated rings. The first-order valence-electron chi connectivity index (χ1n) is 6.23. The molecule has 1 aliphatic heterocycles. The minimum atomic E-state index is -0.365. The lowest BCUT2D eigenvalue weighted by Gasteiger charge is -2.18. The van der Waals surface area contributed by atoms with Crippen LogP contribution < -0.4 is 9.47 Å². The lowest BCUT2D eigenvalue weighted by molar-refractivity contribution is -0.144. The average molecular weight is 327 g/mol. The molecule has 0 unspecified atom stereocenters. The Morgan fingerprint density at radius 1 is 1.33 bits per heavy atom. The van der Waals surface area contributed by atoms with E-state index in [4.69, 9.17) is 25.8 Å². The first-order chi connectivity index (χ1) is 10.2. The van der Waals surface area contributed by atoms with Gasteiger partial charge in [-0.3, -0.25) is 4.79 Å². The van der Waals surface area contributed by atoms with E-state index in [2.05, 4.69) is 9.59 Å². The maximum Gasteiger partial charge on any atom is 0.310 e. The van der Waals surface area contributed by atoms with Gasteiger partial charge >= 0.3 is 5.97 Å². The SMILES string of the molecule is O=C(Cc1ccc2c(c1)OCCO2)OCc1nnsc1Cl. The summed E-state index contributed by atoms with van der Waals surface area (Å²) in [6.45, 7) is 1.08. The van der Waals surface area contributed by atoms with E-state index in [0.29, 0.717) is 34.7 Å². The van der Waals surface area contributed by atoms with Crippen LogP contribution in [0.1, 0.15) is 11.3 Å². The molecule has 1 aliphatic rings. The van der Waals surface area contributed by atoms with Crippen molar-refractivity contribution in [1.29, 1.82) is 0 Å². The topological polar surface area (TPSA) is 70.5 Å². The van der Waals surface area contributed by atoms with Crippen LogP contribution in [-0.2, 0) is 22.6 Å². The predicted octanol–water partition coefficient (Wildman–Crippen LogP) is 2.25. The molecule has 8 heteroatoms. The Balaban J connectivity index is 1.58. The summed E-state index contributed by atoms with van der Waals surface area (Å²) >= 11 is 6.89. The predicted molar refractivity (Wildman–Crippen MR) is 75.9 cm³/mol. The molecule has 0 saturated heterocycles. The Labute approximate surface area is 129 Å². The second-order valence-corrected chi connectivity index (χ2v) is 5.66. The van der Waals surface area contributed by atoms with E-state index in [1.807, 2.05) is 6.07 Å². The van der Waals surface area contributed by atoms with E-state index in [-0.39, 0.29) is 19.0 Å². The van der Waals surface area contributed by atoms with Crippen molar-refractivity contribution in [3.8, 4) is 11.5 Å². The number of rotatable bonds is 4. The summed E-state index contributed by atoms with van der Waals surface area (Å²) in [6, 6.07) is 5.39. The molecule has 0 aliphatic carbocycles. The number of carbonyl (C=O) groups is 1. The molecule has 0 spiro atoms. The van der Waals surface area contributed by atoms with Gasteiger partial charge in [0.2, 0.25) is 0 Å². The Morgan fingerprint density at radius 3 is 2.90 bits per heavy atom. The summed E-state index contributed by atoms with van der Waals surface area (Å²) in [5.74, 6) is 0.979. The third kappa shape index (κ3) is 3.43. The standard InChI is InChI=1S/C13H11ClN2O4S/c14-13-9(15-16-21-13)7-20-12(17)6-8-1-2-10-11(5-8)19-4-3-18-10/h1-2,5H,3-4,6-7H2. The number of ether oxygens (including phenoxy) is 3. The van der Waals surface area contributed by atoms with E-state index in [0.717, 1.165) is 17.1 Å². The van der Waals surface area contributed by atoms with Crippen molar-refractivity contribution >= 4 is 29.1 Å². The lowest BCUT2D eigenvalue weighted by atomic mass is 10.1. The van der Waals surface area contributed by atoms with Gasteiger partial charge in [0.25, 0.3) is 0 Å². The van der Waals surface area contributed by atoms with Gasteiger partial charge in [-0.1, -0.05) is 22.2 Å². The van der Waals surface area contributed by atoms with Crippen LogP contribution >= 0.6 is 23.1 Å². The van der Waals surface area contributed by atoms with Gasteiger partial charge in [-0.15, -0.1) is 5.10 Å². The van der Waals surface area contributed by atoms with Crippen LogP contribution in [0.25, 0.3) is 0 Å². The molecule has 1 aromatic carbocycles. The van der Waals surface area contributed by atoms with Gasteiger partial charge in [-0.25, -0.2) is 0 Å². The molecule has 0 radical (unpaired) electrons. The highest BCUT2D eigenvalue weighted by molar-refractivity contribution is 7.10. The fraction of sp³-hybridized carbons (Fsp3) is 0.308. The van der Waals surface area contributed by atoms with Crippen molar-refractivity contribution in [3.63, 3.8) is 0 Å². The first-order valence-corrected chi connectivity index (χ1v) is 7.38. The number of esters is 1. The van der Waals surface area contributed by atoms with E-state index in [9.17, 15) is 4.79 Å². The number of hydrogen-bond donors (Lipinski definition) is 0. The van der Waals surface area contributed by atoms with Crippen LogP contribution in [-0.4, -0.2) is 28.8 Å². The summed E-state index contributed by atoms with van der Waals surface area (Å²) in [5, 5.41) is 3.78. The zero-order valence-electron chi connectivity index (χ0n) is 10.9. The molecule has 21 heavy (non-hydrogen) atoms. The van der Waals surface area contributed by atoms with E-state index >= 15 is 0 Å². The number of aromatic nitrogens is 2. The number of halogens is 1. The van der Waals surface area contributed by atoms with Crippen molar-refractivity contribution in [2.75, 3.05) is 13.2 Å². The molecule has 0 bridgehead atoms. The highest BCUT2D eigenvalue weighted by Gasteiger charge is 2.14. The third-order valence-corrected chi connectivity index (χ3v) is 3.82. The van der Waals surface area contributed by atoms with Crippen LogP contribution in [0.15, 0.2) is 18.2 Å². The minimum absolute atomic E-state index is 0.0265. The number of nitrogens with zero attached hydrogens (tertiary/aromatic N) is 2. The molecule has 3 rings (SSSR count). The molecule has 2 heterocycles. The van der Waals surface area contributed by atoms with Gasteiger partial charge in [-0.05, 0) is 17.7 Å². The summed E-state index contributed by atoms with van der Waals surface area (Å²) in [6.07, 6.45) is 0.145. The molecule has 0 saturated carbocycles. The number of fused-ring (bicyclic) bond motifs is 1. The average Bonchev–Trinajstić information content (AvgIpc) is 2.90. The van der Waals surface area contributed by atoms with Crippen LogP contribution in [0.5, 0.6) is 11.5 Å². The molecular weight excluding hydrogens is 316 g/mol. The summed E-state index contributed by atoms with van der Waals surface area (Å²) < 4.78 is 20.1. The minimum Gasteiger partial charge on any atom is -0.486 e. The zero-order valence-corrected chi connectivity index (χ0v) is 12.4. The molecule has 2 aromatic rings. The van der Waals surface area contributed by atoms with Gasteiger partial charge in [-0.2, -0.15) is 0 Å². The van der Waals surface area contributed by atoms with Gasteiger partial charge in [0.15, 0.2) is 11.5 Å². The van der Waals surface area contributed by atoms with Gasteiger partial charge in [0, 0.05) is 11.5 Å². The largest absolute Gasteiger partial charge is 0.486 e. The van der Waals surface area contributed by atoms with Crippen LogP contribution in [0.3, 0.4) is 0 Å². The highest BCUT2D eigenvalue weighted by atomic mass is 35.5. The van der Waals surface area contributed by atoms with E-state index in [1.165, 1.54) is 0 Å². The monoisotopic (exact) mass is 326 g/mol. The summed E-state index contributed by atoms with van der Waals surface area (Å²) in [5.41, 5.74) is 1.27. The molecule has 110 valence electrons. The maximum absolute atomic E-state index is 11.8. The highest BCUT2D eigenvalue weighted by Crippen LogP contribution is 2.30. The van der Waals surface area contributed by atoms with Crippen LogP contribution in [0, 0.1) is 0 Å². The van der Waals surface area contributed by atoms with Crippen LogP contribution in [0.2, 0.25) is 4.34 Å². The smallest absolute Gasteiger partial charge is 0.310 e. The molecule has 1 aromatic heterocycles. The van der Waals surface area contributed by atoms with Crippen LogP contribution in [0.4, 0.5) is 0 Å². The molecule has 0 N–H and O–H groups in total. The normalized spacial score (nSPS) is 13.0. The fourth-order valence-corrected chi connectivity index (χ4v) is 2.45. The Kier molecular flexibility index (Phi) is 4.21. The first kappa shape index (κ1) is 14.1. The molecule has 0 atom stereocenters. The number of hydrogen-bond acceptors (Lipinski definition) is 7. The molecule has 6 nitrogen and oxygen atoms in total. The summed E-state index contributed by atoms with van der Waals surface area (Å²) in [4.78, 5) is 11.8. The second kappa shape index (κ2) is 6.28.